The zero-order chi connectivity index (χ0) is 14.3. The van der Waals surface area contributed by atoms with Gasteiger partial charge in [0.15, 0.2) is 6.04 Å². The Balaban J connectivity index is 2.45. The summed E-state index contributed by atoms with van der Waals surface area (Å²) in [5, 5.41) is 15.5. The average Bonchev–Trinajstić information content (AvgIpc) is 2.88. The Morgan fingerprint density at radius 1 is 1.47 bits per heavy atom. The van der Waals surface area contributed by atoms with Gasteiger partial charge in [0.25, 0.3) is 0 Å². The molecular formula is C11H14N2O5S. The highest BCUT2D eigenvalue weighted by molar-refractivity contribution is 7.10. The number of carboxylic acids is 1. The molecule has 0 bridgehead atoms. The molecule has 0 aliphatic heterocycles. The Bertz CT molecular complexity index is 446. The number of amides is 2. The van der Waals surface area contributed by atoms with Gasteiger partial charge in [0.1, 0.15) is 0 Å². The predicted octanol–water partition coefficient (Wildman–Crippen LogP) is 0.736. The van der Waals surface area contributed by atoms with Crippen molar-refractivity contribution < 1.29 is 24.2 Å². The predicted molar refractivity (Wildman–Crippen MR) is 67.9 cm³/mol. The van der Waals surface area contributed by atoms with E-state index in [-0.39, 0.29) is 13.0 Å². The first-order chi connectivity index (χ1) is 9.04. The van der Waals surface area contributed by atoms with Crippen molar-refractivity contribution in [1.82, 2.24) is 10.6 Å². The number of thiophene rings is 1. The molecule has 104 valence electrons. The Kier molecular flexibility index (Phi) is 5.80. The van der Waals surface area contributed by atoms with Gasteiger partial charge in [-0.15, -0.1) is 11.3 Å². The standard InChI is InChI=1S/C11H14N2O5S/c1-18-8(14)4-5-12-11(17)13-9(10(15)16)7-3-2-6-19-7/h2-3,6,9H,4-5H2,1H3,(H,15,16)(H2,12,13,17). The molecule has 0 aromatic carbocycles. The smallest absolute Gasteiger partial charge is 0.331 e. The quantitative estimate of drug-likeness (QED) is 0.669. The lowest BCUT2D eigenvalue weighted by Crippen LogP contribution is -2.41. The van der Waals surface area contributed by atoms with Crippen LogP contribution in [-0.2, 0) is 14.3 Å². The summed E-state index contributed by atoms with van der Waals surface area (Å²) in [5.41, 5.74) is 0. The molecule has 19 heavy (non-hydrogen) atoms. The number of nitrogens with one attached hydrogen (secondary N) is 2. The molecule has 0 radical (unpaired) electrons. The van der Waals surface area contributed by atoms with Crippen molar-refractivity contribution in [1.29, 1.82) is 0 Å². The molecule has 0 saturated carbocycles. The lowest BCUT2D eigenvalue weighted by molar-refractivity contribution is -0.141. The van der Waals surface area contributed by atoms with E-state index in [1.165, 1.54) is 18.4 Å². The summed E-state index contributed by atoms with van der Waals surface area (Å²) < 4.78 is 4.41. The van der Waals surface area contributed by atoms with Crippen molar-refractivity contribution >= 4 is 29.3 Å². The number of carbonyl (C=O) groups excluding carboxylic acids is 2. The van der Waals surface area contributed by atoms with E-state index in [0.717, 1.165) is 0 Å². The molecule has 1 unspecified atom stereocenters. The highest BCUT2D eigenvalue weighted by Gasteiger charge is 2.22. The fourth-order valence-electron chi connectivity index (χ4n) is 1.27. The molecule has 0 aliphatic carbocycles. The average molecular weight is 286 g/mol. The van der Waals surface area contributed by atoms with Gasteiger partial charge in [0.05, 0.1) is 13.5 Å². The van der Waals surface area contributed by atoms with Crippen molar-refractivity contribution in [2.24, 2.45) is 0 Å². The summed E-state index contributed by atoms with van der Waals surface area (Å²) in [5.74, 6) is -1.60. The van der Waals surface area contributed by atoms with Crippen LogP contribution in [0.25, 0.3) is 0 Å². The molecule has 1 aromatic rings. The molecule has 1 heterocycles. The summed E-state index contributed by atoms with van der Waals surface area (Å²) in [7, 11) is 1.25. The van der Waals surface area contributed by atoms with Crippen molar-refractivity contribution in [2.75, 3.05) is 13.7 Å². The minimum absolute atomic E-state index is 0.0284. The van der Waals surface area contributed by atoms with E-state index in [1.54, 1.807) is 17.5 Å². The number of hydrogen-bond acceptors (Lipinski definition) is 5. The van der Waals surface area contributed by atoms with Crippen LogP contribution < -0.4 is 10.6 Å². The van der Waals surface area contributed by atoms with Crippen LogP contribution in [0.4, 0.5) is 4.79 Å². The van der Waals surface area contributed by atoms with Gasteiger partial charge in [0.2, 0.25) is 0 Å². The van der Waals surface area contributed by atoms with E-state index in [4.69, 9.17) is 5.11 Å². The highest BCUT2D eigenvalue weighted by atomic mass is 32.1. The monoisotopic (exact) mass is 286 g/mol. The molecule has 1 rings (SSSR count). The second-order valence-corrected chi connectivity index (χ2v) is 4.49. The Morgan fingerprint density at radius 2 is 2.21 bits per heavy atom. The molecule has 3 N–H and O–H groups in total. The van der Waals surface area contributed by atoms with Gasteiger partial charge in [0, 0.05) is 11.4 Å². The van der Waals surface area contributed by atoms with Gasteiger partial charge >= 0.3 is 18.0 Å². The maximum absolute atomic E-state index is 11.5. The molecule has 1 aromatic heterocycles. The fraction of sp³-hybridized carbons (Fsp3) is 0.364. The van der Waals surface area contributed by atoms with Crippen molar-refractivity contribution in [3.63, 3.8) is 0 Å². The number of rotatable bonds is 6. The van der Waals surface area contributed by atoms with Gasteiger partial charge in [-0.05, 0) is 11.4 Å². The minimum atomic E-state index is -1.15. The van der Waals surface area contributed by atoms with E-state index in [2.05, 4.69) is 15.4 Å². The van der Waals surface area contributed by atoms with Crippen molar-refractivity contribution in [2.45, 2.75) is 12.5 Å². The largest absolute Gasteiger partial charge is 0.479 e. The first kappa shape index (κ1) is 15.0. The molecule has 0 fully saturated rings. The second-order valence-electron chi connectivity index (χ2n) is 3.51. The number of urea groups is 1. The van der Waals surface area contributed by atoms with E-state index >= 15 is 0 Å². The van der Waals surface area contributed by atoms with Crippen LogP contribution in [0.5, 0.6) is 0 Å². The van der Waals surface area contributed by atoms with Crippen LogP contribution in [0.1, 0.15) is 17.3 Å². The summed E-state index contributed by atoms with van der Waals surface area (Å²) in [6, 6.07) is 1.58. The zero-order valence-corrected chi connectivity index (χ0v) is 11.0. The van der Waals surface area contributed by atoms with Crippen LogP contribution in [0.2, 0.25) is 0 Å². The number of esters is 1. The Morgan fingerprint density at radius 3 is 2.74 bits per heavy atom. The lowest BCUT2D eigenvalue weighted by atomic mass is 10.2. The van der Waals surface area contributed by atoms with Gasteiger partial charge in [-0.2, -0.15) is 0 Å². The highest BCUT2D eigenvalue weighted by Crippen LogP contribution is 2.18. The van der Waals surface area contributed by atoms with E-state index in [1.807, 2.05) is 0 Å². The summed E-state index contributed by atoms with van der Waals surface area (Å²) in [4.78, 5) is 33.9. The topological polar surface area (TPSA) is 105 Å². The zero-order valence-electron chi connectivity index (χ0n) is 10.2. The molecule has 0 aliphatic rings. The normalized spacial score (nSPS) is 11.4. The van der Waals surface area contributed by atoms with Crippen LogP contribution >= 0.6 is 11.3 Å². The van der Waals surface area contributed by atoms with Gasteiger partial charge in [-0.25, -0.2) is 9.59 Å². The third kappa shape index (κ3) is 4.96. The van der Waals surface area contributed by atoms with Crippen LogP contribution in [0, 0.1) is 0 Å². The van der Waals surface area contributed by atoms with E-state index in [9.17, 15) is 14.4 Å². The molecular weight excluding hydrogens is 272 g/mol. The number of methoxy groups -OCH3 is 1. The number of carbonyl (C=O) groups is 3. The number of hydrogen-bond donors (Lipinski definition) is 3. The van der Waals surface area contributed by atoms with Crippen LogP contribution in [-0.4, -0.2) is 36.7 Å². The molecule has 1 atom stereocenters. The number of ether oxygens (including phenoxy) is 1. The fourth-order valence-corrected chi connectivity index (χ4v) is 2.04. The summed E-state index contributed by atoms with van der Waals surface area (Å²) in [6.45, 7) is 0.0787. The molecule has 7 nitrogen and oxygen atoms in total. The third-order valence-electron chi connectivity index (χ3n) is 2.19. The van der Waals surface area contributed by atoms with Gasteiger partial charge < -0.3 is 20.5 Å². The van der Waals surface area contributed by atoms with Gasteiger partial charge in [-0.1, -0.05) is 6.07 Å². The summed E-state index contributed by atoms with van der Waals surface area (Å²) in [6.07, 6.45) is 0.0284. The van der Waals surface area contributed by atoms with E-state index < -0.39 is 24.0 Å². The summed E-state index contributed by atoms with van der Waals surface area (Å²) >= 11 is 1.24. The Labute approximate surface area is 113 Å². The first-order valence-corrected chi connectivity index (χ1v) is 6.30. The number of carboxylic acid groups (broad SMARTS) is 1. The van der Waals surface area contributed by atoms with Gasteiger partial charge in [-0.3, -0.25) is 4.79 Å². The second kappa shape index (κ2) is 7.37. The van der Waals surface area contributed by atoms with Crippen LogP contribution in [0.3, 0.4) is 0 Å². The van der Waals surface area contributed by atoms with Crippen molar-refractivity contribution in [3.8, 4) is 0 Å². The molecule has 2 amide bonds. The lowest BCUT2D eigenvalue weighted by Gasteiger charge is -2.13. The maximum Gasteiger partial charge on any atom is 0.331 e. The number of aliphatic carboxylic acids is 1. The molecule has 0 saturated heterocycles. The van der Waals surface area contributed by atoms with Crippen molar-refractivity contribution in [3.05, 3.63) is 22.4 Å². The Hall–Kier alpha value is -2.09. The maximum atomic E-state index is 11.5. The first-order valence-electron chi connectivity index (χ1n) is 5.42. The minimum Gasteiger partial charge on any atom is -0.479 e. The third-order valence-corrected chi connectivity index (χ3v) is 3.13. The van der Waals surface area contributed by atoms with E-state index in [0.29, 0.717) is 4.88 Å². The molecule has 0 spiro atoms. The van der Waals surface area contributed by atoms with Crippen LogP contribution in [0.15, 0.2) is 17.5 Å². The molecule has 8 heteroatoms. The SMILES string of the molecule is COC(=O)CCNC(=O)NC(C(=O)O)c1cccs1.